The van der Waals surface area contributed by atoms with E-state index in [0.717, 1.165) is 34.3 Å². The molecule has 168 valence electrons. The molecule has 0 spiro atoms. The minimum atomic E-state index is -1.11. The van der Waals surface area contributed by atoms with Gasteiger partial charge in [0.1, 0.15) is 0 Å². The number of benzene rings is 2. The van der Waals surface area contributed by atoms with Crippen LogP contribution in [0.4, 0.5) is 4.79 Å². The van der Waals surface area contributed by atoms with E-state index in [1.807, 2.05) is 30.5 Å². The minimum Gasteiger partial charge on any atom is -0.478 e. The molecule has 0 saturated carbocycles. The molecule has 2 aromatic carbocycles. The summed E-state index contributed by atoms with van der Waals surface area (Å²) in [6.07, 6.45) is 1.69. The van der Waals surface area contributed by atoms with Gasteiger partial charge in [0.15, 0.2) is 0 Å². The maximum Gasteiger partial charge on any atom is 0.337 e. The van der Waals surface area contributed by atoms with Gasteiger partial charge in [-0.15, -0.1) is 0 Å². The van der Waals surface area contributed by atoms with Gasteiger partial charge in [-0.2, -0.15) is 0 Å². The molecule has 1 aromatic heterocycles. The highest BCUT2D eigenvalue weighted by Gasteiger charge is 2.35. The summed E-state index contributed by atoms with van der Waals surface area (Å²) in [7, 11) is 0. The zero-order valence-electron chi connectivity index (χ0n) is 17.6. The van der Waals surface area contributed by atoms with E-state index in [4.69, 9.17) is 23.2 Å². The summed E-state index contributed by atoms with van der Waals surface area (Å²) in [4.78, 5) is 38.4. The van der Waals surface area contributed by atoms with E-state index in [-0.39, 0.29) is 28.3 Å². The van der Waals surface area contributed by atoms with Crippen molar-refractivity contribution in [3.63, 3.8) is 0 Å². The van der Waals surface area contributed by atoms with E-state index in [1.54, 1.807) is 36.4 Å². The Kier molecular flexibility index (Phi) is 6.38. The Morgan fingerprint density at radius 1 is 1.09 bits per heavy atom. The van der Waals surface area contributed by atoms with E-state index in [1.165, 1.54) is 11.0 Å². The van der Waals surface area contributed by atoms with Crippen LogP contribution in [0.15, 0.2) is 53.4 Å². The highest BCUT2D eigenvalue weighted by atomic mass is 35.5. The summed E-state index contributed by atoms with van der Waals surface area (Å²) in [5, 5.41) is 9.73. The molecule has 1 aliphatic heterocycles. The summed E-state index contributed by atoms with van der Waals surface area (Å²) in [5.41, 5.74) is 3.81. The van der Waals surface area contributed by atoms with E-state index < -0.39 is 5.97 Å². The molecule has 0 aliphatic carbocycles. The van der Waals surface area contributed by atoms with Crippen molar-refractivity contribution in [2.45, 2.75) is 20.4 Å². The molecule has 1 saturated heterocycles. The number of hydrogen-bond donors (Lipinski definition) is 1. The van der Waals surface area contributed by atoms with E-state index in [0.29, 0.717) is 15.6 Å². The number of carbonyl (C=O) groups excluding carboxylic acids is 2. The number of carbonyl (C=O) groups is 3. The van der Waals surface area contributed by atoms with Crippen molar-refractivity contribution in [2.24, 2.45) is 0 Å². The van der Waals surface area contributed by atoms with Gasteiger partial charge in [-0.1, -0.05) is 35.3 Å². The first kappa shape index (κ1) is 23.2. The Bertz CT molecular complexity index is 1350. The molecule has 6 nitrogen and oxygen atoms in total. The average Bonchev–Trinajstić information content (AvgIpc) is 3.18. The molecule has 1 N–H and O–H groups in total. The van der Waals surface area contributed by atoms with Crippen molar-refractivity contribution in [1.29, 1.82) is 0 Å². The van der Waals surface area contributed by atoms with Gasteiger partial charge in [0, 0.05) is 22.1 Å². The Hall–Kier alpha value is -3.00. The molecule has 1 aliphatic rings. The maximum absolute atomic E-state index is 12.9. The predicted molar refractivity (Wildman–Crippen MR) is 130 cm³/mol. The van der Waals surface area contributed by atoms with Gasteiger partial charge >= 0.3 is 5.97 Å². The molecule has 2 heterocycles. The van der Waals surface area contributed by atoms with Crippen LogP contribution in [0.1, 0.15) is 32.9 Å². The van der Waals surface area contributed by atoms with Crippen molar-refractivity contribution >= 4 is 58.2 Å². The second kappa shape index (κ2) is 9.09. The molecule has 3 aromatic rings. The summed E-state index contributed by atoms with van der Waals surface area (Å²) >= 11 is 12.9. The monoisotopic (exact) mass is 500 g/mol. The summed E-state index contributed by atoms with van der Waals surface area (Å²) in [6, 6.07) is 13.7. The second-order valence-corrected chi connectivity index (χ2v) is 9.37. The molecule has 1 fully saturated rings. The van der Waals surface area contributed by atoms with Gasteiger partial charge in [0.25, 0.3) is 11.1 Å². The van der Waals surface area contributed by atoms with Crippen LogP contribution in [0.2, 0.25) is 10.0 Å². The molecular weight excluding hydrogens is 483 g/mol. The number of imide groups is 1. The molecule has 0 bridgehead atoms. The fourth-order valence-corrected chi connectivity index (χ4v) is 4.98. The molecular formula is C24H18Cl2N2O4S. The molecule has 9 heteroatoms. The topological polar surface area (TPSA) is 79.6 Å². The van der Waals surface area contributed by atoms with Gasteiger partial charge in [-0.3, -0.25) is 14.5 Å². The number of aromatic nitrogens is 1. The lowest BCUT2D eigenvalue weighted by molar-refractivity contribution is -0.123. The highest BCUT2D eigenvalue weighted by Crippen LogP contribution is 2.35. The number of carboxylic acids is 1. The summed E-state index contributed by atoms with van der Waals surface area (Å²) < 4.78 is 1.88. The van der Waals surface area contributed by atoms with Crippen molar-refractivity contribution in [3.05, 3.63) is 91.6 Å². The smallest absolute Gasteiger partial charge is 0.337 e. The number of hydrogen-bond acceptors (Lipinski definition) is 4. The highest BCUT2D eigenvalue weighted by molar-refractivity contribution is 8.18. The summed E-state index contributed by atoms with van der Waals surface area (Å²) in [5.74, 6) is -1.48. The van der Waals surface area contributed by atoms with Gasteiger partial charge < -0.3 is 9.67 Å². The first-order valence-electron chi connectivity index (χ1n) is 9.87. The number of rotatable bonds is 5. The molecule has 4 rings (SSSR count). The van der Waals surface area contributed by atoms with Crippen LogP contribution >= 0.6 is 35.0 Å². The van der Waals surface area contributed by atoms with Crippen molar-refractivity contribution < 1.29 is 19.5 Å². The minimum absolute atomic E-state index is 0.00495. The third-order valence-corrected chi connectivity index (χ3v) is 6.77. The van der Waals surface area contributed by atoms with E-state index in [9.17, 15) is 19.5 Å². The lowest BCUT2D eigenvalue weighted by Crippen LogP contribution is -2.27. The quantitative estimate of drug-likeness (QED) is 0.413. The summed E-state index contributed by atoms with van der Waals surface area (Å²) in [6.45, 7) is 3.89. The van der Waals surface area contributed by atoms with Crippen LogP contribution in [0, 0.1) is 13.8 Å². The number of nitrogens with zero attached hydrogens (tertiary/aromatic N) is 2. The van der Waals surface area contributed by atoms with Crippen LogP contribution in [-0.4, -0.2) is 31.7 Å². The zero-order valence-corrected chi connectivity index (χ0v) is 20.0. The van der Waals surface area contributed by atoms with Gasteiger partial charge in [-0.25, -0.2) is 4.79 Å². The molecule has 0 unspecified atom stereocenters. The van der Waals surface area contributed by atoms with Crippen LogP contribution in [0.5, 0.6) is 0 Å². The molecule has 2 amide bonds. The Balaban J connectivity index is 1.65. The zero-order chi connectivity index (χ0) is 23.9. The fourth-order valence-electron chi connectivity index (χ4n) is 3.74. The lowest BCUT2D eigenvalue weighted by atomic mass is 10.2. The Morgan fingerprint density at radius 3 is 2.55 bits per heavy atom. The number of aromatic carboxylic acids is 1. The molecule has 0 atom stereocenters. The van der Waals surface area contributed by atoms with Crippen molar-refractivity contribution in [3.8, 4) is 5.69 Å². The third-order valence-electron chi connectivity index (χ3n) is 5.30. The Morgan fingerprint density at radius 2 is 1.85 bits per heavy atom. The molecule has 0 radical (unpaired) electrons. The number of amides is 2. The predicted octanol–water partition coefficient (Wildman–Crippen LogP) is 6.34. The lowest BCUT2D eigenvalue weighted by Gasteiger charge is -2.12. The first-order chi connectivity index (χ1) is 15.7. The number of aryl methyl sites for hydroxylation is 1. The molecule has 33 heavy (non-hydrogen) atoms. The number of carboxylic acid groups (broad SMARTS) is 1. The van der Waals surface area contributed by atoms with E-state index in [2.05, 4.69) is 0 Å². The van der Waals surface area contributed by atoms with Crippen LogP contribution in [0.25, 0.3) is 11.8 Å². The van der Waals surface area contributed by atoms with Crippen LogP contribution < -0.4 is 0 Å². The van der Waals surface area contributed by atoms with Crippen molar-refractivity contribution in [2.75, 3.05) is 0 Å². The van der Waals surface area contributed by atoms with Gasteiger partial charge in [-0.05, 0) is 79.2 Å². The first-order valence-corrected chi connectivity index (χ1v) is 11.4. The maximum atomic E-state index is 12.9. The standard InChI is InChI=1S/C24H18Cl2N2O4S/c1-13-8-16(14(2)28(13)18-6-7-20(26)19(11-18)23(30)31)10-21-22(29)27(24(32)33-21)12-15-4-3-5-17(25)9-15/h3-11H,12H2,1-2H3,(H,30,31)/b21-10-. The average molecular weight is 501 g/mol. The Labute approximate surface area is 204 Å². The van der Waals surface area contributed by atoms with Crippen molar-refractivity contribution in [1.82, 2.24) is 9.47 Å². The number of thioether (sulfide) groups is 1. The normalized spacial score (nSPS) is 15.0. The largest absolute Gasteiger partial charge is 0.478 e. The van der Waals surface area contributed by atoms with Crippen LogP contribution in [0.3, 0.4) is 0 Å². The van der Waals surface area contributed by atoms with E-state index >= 15 is 0 Å². The number of halogens is 2. The van der Waals surface area contributed by atoms with Gasteiger partial charge in [0.2, 0.25) is 0 Å². The van der Waals surface area contributed by atoms with Gasteiger partial charge in [0.05, 0.1) is 22.0 Å². The van der Waals surface area contributed by atoms with Crippen LogP contribution in [-0.2, 0) is 11.3 Å². The fraction of sp³-hybridized carbons (Fsp3) is 0.125. The SMILES string of the molecule is Cc1cc(/C=C2\SC(=O)N(Cc3cccc(Cl)c3)C2=O)c(C)n1-c1ccc(Cl)c(C(=O)O)c1. The third kappa shape index (κ3) is 4.57. The second-order valence-electron chi connectivity index (χ2n) is 7.53.